The molecule has 1 aromatic carbocycles. The molecule has 1 aromatic heterocycles. The fraction of sp³-hybridized carbons (Fsp3) is 0.471. The first-order valence-corrected chi connectivity index (χ1v) is 7.50. The Kier molecular flexibility index (Phi) is 3.91. The van der Waals surface area contributed by atoms with Gasteiger partial charge in [0.05, 0.1) is 5.52 Å². The molecule has 4 heteroatoms. The van der Waals surface area contributed by atoms with Crippen molar-refractivity contribution in [3.63, 3.8) is 0 Å². The van der Waals surface area contributed by atoms with Gasteiger partial charge in [-0.1, -0.05) is 19.4 Å². The van der Waals surface area contributed by atoms with Gasteiger partial charge in [0.2, 0.25) is 0 Å². The van der Waals surface area contributed by atoms with Crippen molar-refractivity contribution >= 4 is 10.9 Å². The van der Waals surface area contributed by atoms with Gasteiger partial charge in [-0.3, -0.25) is 4.98 Å². The quantitative estimate of drug-likeness (QED) is 0.909. The zero-order valence-electron chi connectivity index (χ0n) is 12.3. The van der Waals surface area contributed by atoms with E-state index < -0.39 is 0 Å². The van der Waals surface area contributed by atoms with E-state index in [0.29, 0.717) is 6.54 Å². The Morgan fingerprint density at radius 2 is 2.33 bits per heavy atom. The predicted molar refractivity (Wildman–Crippen MR) is 81.4 cm³/mol. The lowest BCUT2D eigenvalue weighted by atomic mass is 9.85. The van der Waals surface area contributed by atoms with Crippen molar-refractivity contribution in [3.05, 3.63) is 41.8 Å². The highest BCUT2D eigenvalue weighted by Crippen LogP contribution is 2.37. The first kappa shape index (κ1) is 14.4. The molecule has 0 bridgehead atoms. The molecule has 1 aliphatic rings. The summed E-state index contributed by atoms with van der Waals surface area (Å²) in [7, 11) is 0. The van der Waals surface area contributed by atoms with Crippen LogP contribution in [0.1, 0.15) is 31.7 Å². The zero-order chi connectivity index (χ0) is 14.9. The van der Waals surface area contributed by atoms with Gasteiger partial charge in [0.1, 0.15) is 5.82 Å². The van der Waals surface area contributed by atoms with Crippen LogP contribution in [0.5, 0.6) is 0 Å². The summed E-state index contributed by atoms with van der Waals surface area (Å²) in [6.07, 6.45) is 4.94. The van der Waals surface area contributed by atoms with Crippen LogP contribution in [0.15, 0.2) is 30.5 Å². The highest BCUT2D eigenvalue weighted by atomic mass is 19.1. The molecule has 2 unspecified atom stereocenters. The summed E-state index contributed by atoms with van der Waals surface area (Å²) < 4.78 is 13.7. The number of fused-ring (bicyclic) bond motifs is 1. The van der Waals surface area contributed by atoms with E-state index in [1.54, 1.807) is 12.3 Å². The maximum Gasteiger partial charge on any atom is 0.124 e. The van der Waals surface area contributed by atoms with Gasteiger partial charge in [-0.25, -0.2) is 4.39 Å². The third-order valence-electron chi connectivity index (χ3n) is 4.73. The number of pyridine rings is 1. The molecule has 3 rings (SSSR count). The summed E-state index contributed by atoms with van der Waals surface area (Å²) in [4.78, 5) is 4.37. The maximum absolute atomic E-state index is 13.7. The van der Waals surface area contributed by atoms with E-state index in [1.807, 2.05) is 12.1 Å². The summed E-state index contributed by atoms with van der Waals surface area (Å²) in [6.45, 7) is 2.87. The van der Waals surface area contributed by atoms with Crippen molar-refractivity contribution in [1.82, 2.24) is 10.3 Å². The first-order valence-electron chi connectivity index (χ1n) is 7.50. The number of rotatable bonds is 4. The lowest BCUT2D eigenvalue weighted by Gasteiger charge is -2.30. The average molecular weight is 288 g/mol. The summed E-state index contributed by atoms with van der Waals surface area (Å²) in [5.41, 5.74) is 1.64. The van der Waals surface area contributed by atoms with E-state index >= 15 is 0 Å². The minimum absolute atomic E-state index is 0.0729. The molecule has 2 atom stereocenters. The van der Waals surface area contributed by atoms with Crippen LogP contribution in [0.25, 0.3) is 10.9 Å². The summed E-state index contributed by atoms with van der Waals surface area (Å²) in [5.74, 6) is -0.233. The van der Waals surface area contributed by atoms with Gasteiger partial charge < -0.3 is 10.4 Å². The molecule has 0 saturated heterocycles. The molecule has 1 fully saturated rings. The van der Waals surface area contributed by atoms with E-state index in [0.717, 1.165) is 35.7 Å². The first-order chi connectivity index (χ1) is 10.1. The Morgan fingerprint density at radius 3 is 3.14 bits per heavy atom. The third-order valence-corrected chi connectivity index (χ3v) is 4.73. The lowest BCUT2D eigenvalue weighted by Crippen LogP contribution is -2.41. The van der Waals surface area contributed by atoms with Gasteiger partial charge in [0.15, 0.2) is 0 Å². The summed E-state index contributed by atoms with van der Waals surface area (Å²) in [6, 6.07) is 7.03. The van der Waals surface area contributed by atoms with Gasteiger partial charge in [-0.05, 0) is 36.6 Å². The van der Waals surface area contributed by atoms with Crippen molar-refractivity contribution in [2.75, 3.05) is 6.61 Å². The van der Waals surface area contributed by atoms with Gasteiger partial charge in [-0.2, -0.15) is 0 Å². The number of nitrogens with one attached hydrogen (secondary N) is 1. The van der Waals surface area contributed by atoms with Crippen LogP contribution in [0.4, 0.5) is 4.39 Å². The molecule has 0 amide bonds. The number of hydrogen-bond donors (Lipinski definition) is 2. The maximum atomic E-state index is 13.7. The van der Waals surface area contributed by atoms with Gasteiger partial charge in [-0.15, -0.1) is 0 Å². The molecule has 2 N–H and O–H groups in total. The molecular formula is C17H21FN2O. The molecule has 21 heavy (non-hydrogen) atoms. The zero-order valence-corrected chi connectivity index (χ0v) is 12.3. The second kappa shape index (κ2) is 5.70. The number of nitrogens with zero attached hydrogens (tertiary/aromatic N) is 1. The van der Waals surface area contributed by atoms with E-state index in [9.17, 15) is 9.50 Å². The highest BCUT2D eigenvalue weighted by Gasteiger charge is 2.37. The molecule has 1 aliphatic carbocycles. The predicted octanol–water partition coefficient (Wildman–Crippen LogP) is 3.01. The van der Waals surface area contributed by atoms with E-state index in [-0.39, 0.29) is 23.9 Å². The van der Waals surface area contributed by atoms with Gasteiger partial charge in [0.25, 0.3) is 0 Å². The van der Waals surface area contributed by atoms with Crippen LogP contribution in [-0.4, -0.2) is 22.7 Å². The number of benzene rings is 1. The number of aliphatic hydroxyl groups excluding tert-OH is 1. The Balaban J connectivity index is 1.82. The second-order valence-electron chi connectivity index (χ2n) is 6.28. The van der Waals surface area contributed by atoms with E-state index in [1.165, 1.54) is 6.07 Å². The Bertz CT molecular complexity index is 646. The normalized spacial score (nSPS) is 25.6. The summed E-state index contributed by atoms with van der Waals surface area (Å²) >= 11 is 0. The van der Waals surface area contributed by atoms with E-state index in [2.05, 4.69) is 17.2 Å². The van der Waals surface area contributed by atoms with Crippen LogP contribution in [0, 0.1) is 11.2 Å². The second-order valence-corrected chi connectivity index (χ2v) is 6.28. The number of aromatic nitrogens is 1. The Morgan fingerprint density at radius 1 is 1.48 bits per heavy atom. The van der Waals surface area contributed by atoms with Crippen molar-refractivity contribution in [2.45, 2.75) is 38.8 Å². The third kappa shape index (κ3) is 2.78. The van der Waals surface area contributed by atoms with E-state index in [4.69, 9.17) is 0 Å². The molecule has 2 aromatic rings. The molecule has 0 spiro atoms. The molecule has 3 nitrogen and oxygen atoms in total. The SMILES string of the molecule is CC1(CO)CCCC1NCc1cc(F)cc2cccnc12. The standard InChI is InChI=1S/C17H21FN2O/c1-17(11-21)6-2-5-15(17)20-10-13-9-14(18)8-12-4-3-7-19-16(12)13/h3-4,7-9,15,20-21H,2,5-6,10-11H2,1H3. The van der Waals surface area contributed by atoms with Crippen LogP contribution in [-0.2, 0) is 6.54 Å². The topological polar surface area (TPSA) is 45.1 Å². The smallest absolute Gasteiger partial charge is 0.124 e. The largest absolute Gasteiger partial charge is 0.396 e. The van der Waals surface area contributed by atoms with Crippen LogP contribution < -0.4 is 5.32 Å². The van der Waals surface area contributed by atoms with Crippen molar-refractivity contribution in [1.29, 1.82) is 0 Å². The van der Waals surface area contributed by atoms with Crippen LogP contribution >= 0.6 is 0 Å². The fourth-order valence-corrected chi connectivity index (χ4v) is 3.37. The number of aliphatic hydroxyl groups is 1. The Labute approximate surface area is 124 Å². The molecule has 1 saturated carbocycles. The fourth-order valence-electron chi connectivity index (χ4n) is 3.37. The molecular weight excluding hydrogens is 267 g/mol. The van der Waals surface area contributed by atoms with Crippen LogP contribution in [0.2, 0.25) is 0 Å². The van der Waals surface area contributed by atoms with Gasteiger partial charge >= 0.3 is 0 Å². The molecule has 0 radical (unpaired) electrons. The minimum atomic E-state index is -0.233. The monoisotopic (exact) mass is 288 g/mol. The highest BCUT2D eigenvalue weighted by molar-refractivity contribution is 5.81. The van der Waals surface area contributed by atoms with Crippen LogP contribution in [0.3, 0.4) is 0 Å². The molecule has 112 valence electrons. The average Bonchev–Trinajstić information content (AvgIpc) is 2.86. The molecule has 0 aliphatic heterocycles. The molecule has 1 heterocycles. The van der Waals surface area contributed by atoms with Gasteiger partial charge in [0, 0.05) is 36.2 Å². The summed E-state index contributed by atoms with van der Waals surface area (Å²) in [5, 5.41) is 13.9. The van der Waals surface area contributed by atoms with Crippen molar-refractivity contribution in [3.8, 4) is 0 Å². The number of hydrogen-bond acceptors (Lipinski definition) is 3. The Hall–Kier alpha value is -1.52. The van der Waals surface area contributed by atoms with Crippen molar-refractivity contribution in [2.24, 2.45) is 5.41 Å². The lowest BCUT2D eigenvalue weighted by molar-refractivity contribution is 0.118. The minimum Gasteiger partial charge on any atom is -0.396 e. The van der Waals surface area contributed by atoms with Crippen molar-refractivity contribution < 1.29 is 9.50 Å². The number of halogens is 1.